The number of rotatable bonds is 13. The molecule has 0 saturated heterocycles. The van der Waals surface area contributed by atoms with E-state index in [1.54, 1.807) is 6.07 Å². The zero-order chi connectivity index (χ0) is 42.3. The summed E-state index contributed by atoms with van der Waals surface area (Å²) in [7, 11) is 0. The maximum absolute atomic E-state index is 10.5. The van der Waals surface area contributed by atoms with Crippen molar-refractivity contribution >= 4 is 44.8 Å². The fraction of sp³-hybridized carbons (Fsp3) is 0.0508. The number of anilines is 5. The first kappa shape index (κ1) is 39.6. The Morgan fingerprint density at radius 2 is 1.05 bits per heavy atom. The van der Waals surface area contributed by atoms with Crippen molar-refractivity contribution in [3.8, 4) is 50.3 Å². The molecule has 0 aliphatic rings. The maximum Gasteiger partial charge on any atom is 0.123 e. The molecule has 0 bridgehead atoms. The van der Waals surface area contributed by atoms with Crippen LogP contribution >= 0.6 is 0 Å². The SMILES string of the molecule is C=C(/C=C\CCC)c1ccccc1Nc1ccc(-c2ccc(N(c3ccc(-c4cccc(-c5ccccc5O)c4)cc3)c3ccc(-c4cccc5ccccc45)cc3)cc2)cc1. The molecule has 9 rings (SSSR count). The molecule has 0 saturated carbocycles. The second kappa shape index (κ2) is 18.2. The number of para-hydroxylation sites is 2. The lowest BCUT2D eigenvalue weighted by molar-refractivity contribution is 0.477. The lowest BCUT2D eigenvalue weighted by Gasteiger charge is -2.26. The van der Waals surface area contributed by atoms with Crippen LogP contribution in [0.25, 0.3) is 60.9 Å². The van der Waals surface area contributed by atoms with E-state index in [1.807, 2.05) is 30.3 Å². The molecule has 300 valence electrons. The quantitative estimate of drug-likeness (QED) is 0.114. The molecule has 0 atom stereocenters. The van der Waals surface area contributed by atoms with Crippen LogP contribution in [0.3, 0.4) is 0 Å². The van der Waals surface area contributed by atoms with Crippen LogP contribution in [0.4, 0.5) is 28.4 Å². The van der Waals surface area contributed by atoms with E-state index in [1.165, 1.54) is 21.9 Å². The Morgan fingerprint density at radius 3 is 1.74 bits per heavy atom. The Morgan fingerprint density at radius 1 is 0.516 bits per heavy atom. The van der Waals surface area contributed by atoms with E-state index in [0.717, 1.165) is 85.8 Å². The van der Waals surface area contributed by atoms with Gasteiger partial charge in [-0.15, -0.1) is 0 Å². The summed E-state index contributed by atoms with van der Waals surface area (Å²) in [6.07, 6.45) is 6.47. The van der Waals surface area contributed by atoms with Crippen molar-refractivity contribution in [3.05, 3.63) is 237 Å². The molecule has 2 N–H and O–H groups in total. The van der Waals surface area contributed by atoms with Crippen molar-refractivity contribution in [1.82, 2.24) is 0 Å². The summed E-state index contributed by atoms with van der Waals surface area (Å²) in [5, 5.41) is 16.6. The fourth-order valence-corrected chi connectivity index (χ4v) is 8.16. The largest absolute Gasteiger partial charge is 0.507 e. The Bertz CT molecular complexity index is 2990. The summed E-state index contributed by atoms with van der Waals surface area (Å²) < 4.78 is 0. The number of hydrogen-bond acceptors (Lipinski definition) is 3. The monoisotopic (exact) mass is 800 g/mol. The van der Waals surface area contributed by atoms with Crippen LogP contribution in [0.15, 0.2) is 231 Å². The molecule has 62 heavy (non-hydrogen) atoms. The molecule has 3 heteroatoms. The molecule has 0 aliphatic heterocycles. The van der Waals surface area contributed by atoms with Crippen molar-refractivity contribution in [2.24, 2.45) is 0 Å². The van der Waals surface area contributed by atoms with E-state index >= 15 is 0 Å². The van der Waals surface area contributed by atoms with Crippen molar-refractivity contribution in [3.63, 3.8) is 0 Å². The second-order valence-electron chi connectivity index (χ2n) is 15.6. The molecule has 0 heterocycles. The molecule has 0 fully saturated rings. The summed E-state index contributed by atoms with van der Waals surface area (Å²) in [5.41, 5.74) is 16.0. The van der Waals surface area contributed by atoms with E-state index in [4.69, 9.17) is 0 Å². The second-order valence-corrected chi connectivity index (χ2v) is 15.6. The summed E-state index contributed by atoms with van der Waals surface area (Å²) in [4.78, 5) is 2.31. The normalized spacial score (nSPS) is 11.2. The van der Waals surface area contributed by atoms with Crippen LogP contribution in [0.1, 0.15) is 25.3 Å². The highest BCUT2D eigenvalue weighted by molar-refractivity contribution is 5.97. The summed E-state index contributed by atoms with van der Waals surface area (Å²) in [6, 6.07) is 74.3. The lowest BCUT2D eigenvalue weighted by Crippen LogP contribution is -2.09. The number of nitrogens with one attached hydrogen (secondary N) is 1. The minimum Gasteiger partial charge on any atom is -0.507 e. The first-order valence-electron chi connectivity index (χ1n) is 21.3. The molecule has 0 aliphatic carbocycles. The van der Waals surface area contributed by atoms with Crippen molar-refractivity contribution in [1.29, 1.82) is 0 Å². The van der Waals surface area contributed by atoms with Crippen molar-refractivity contribution < 1.29 is 5.11 Å². The number of phenolic OH excluding ortho intramolecular Hbond substituents is 1. The van der Waals surface area contributed by atoms with Gasteiger partial charge in [-0.1, -0.05) is 178 Å². The first-order chi connectivity index (χ1) is 30.5. The van der Waals surface area contributed by atoms with E-state index in [9.17, 15) is 5.11 Å². The standard InChI is InChI=1S/C59H48N2O/c1-3-4-5-14-42(2)54-19-8-10-23-58(54)60-50-33-25-43(26-34-50)44-27-35-51(36-28-44)61(53-39-31-47(32-40-53)56-22-13-16-46-15-6-7-20-55(46)56)52-37-29-45(30-38-52)48-17-12-18-49(41-48)57-21-9-11-24-59(57)62/h5-41,60,62H,2-4H2,1H3/b14-5-. The molecule has 0 spiro atoms. The van der Waals surface area contributed by atoms with Crippen LogP contribution in [0, 0.1) is 0 Å². The zero-order valence-electron chi connectivity index (χ0n) is 34.9. The average Bonchev–Trinajstić information content (AvgIpc) is 3.33. The zero-order valence-corrected chi connectivity index (χ0v) is 34.9. The van der Waals surface area contributed by atoms with Gasteiger partial charge in [-0.25, -0.2) is 0 Å². The Labute approximate surface area is 365 Å². The van der Waals surface area contributed by atoms with Gasteiger partial charge in [-0.2, -0.15) is 0 Å². The van der Waals surface area contributed by atoms with Crippen LogP contribution in [0.5, 0.6) is 5.75 Å². The predicted molar refractivity (Wildman–Crippen MR) is 265 cm³/mol. The smallest absolute Gasteiger partial charge is 0.123 e. The van der Waals surface area contributed by atoms with E-state index in [-0.39, 0.29) is 5.75 Å². The van der Waals surface area contributed by atoms with Gasteiger partial charge in [-0.3, -0.25) is 0 Å². The third-order valence-corrected chi connectivity index (χ3v) is 11.4. The number of fused-ring (bicyclic) bond motifs is 1. The molecule has 3 nitrogen and oxygen atoms in total. The number of hydrogen-bond donors (Lipinski definition) is 2. The van der Waals surface area contributed by atoms with Crippen LogP contribution in [-0.2, 0) is 0 Å². The van der Waals surface area contributed by atoms with Crippen LogP contribution in [-0.4, -0.2) is 5.11 Å². The Kier molecular flexibility index (Phi) is 11.6. The molecular weight excluding hydrogens is 753 g/mol. The van der Waals surface area contributed by atoms with E-state index < -0.39 is 0 Å². The highest BCUT2D eigenvalue weighted by atomic mass is 16.3. The number of unbranched alkanes of at least 4 members (excludes halogenated alkanes) is 1. The van der Waals surface area contributed by atoms with Gasteiger partial charge in [0.1, 0.15) is 5.75 Å². The summed E-state index contributed by atoms with van der Waals surface area (Å²) in [6.45, 7) is 6.52. The average molecular weight is 801 g/mol. The molecule has 0 amide bonds. The number of phenols is 1. The molecule has 0 unspecified atom stereocenters. The molecule has 0 radical (unpaired) electrons. The topological polar surface area (TPSA) is 35.5 Å². The van der Waals surface area contributed by atoms with Crippen LogP contribution in [0.2, 0.25) is 0 Å². The predicted octanol–water partition coefficient (Wildman–Crippen LogP) is 16.8. The first-order valence-corrected chi connectivity index (χ1v) is 21.3. The van der Waals surface area contributed by atoms with Crippen molar-refractivity contribution in [2.45, 2.75) is 19.8 Å². The third-order valence-electron chi connectivity index (χ3n) is 11.4. The van der Waals surface area contributed by atoms with Crippen molar-refractivity contribution in [2.75, 3.05) is 10.2 Å². The highest BCUT2D eigenvalue weighted by Crippen LogP contribution is 2.39. The molecule has 9 aromatic rings. The number of aromatic hydroxyl groups is 1. The highest BCUT2D eigenvalue weighted by Gasteiger charge is 2.15. The summed E-state index contributed by atoms with van der Waals surface area (Å²) in [5.74, 6) is 0.275. The fourth-order valence-electron chi connectivity index (χ4n) is 8.16. The Hall–Kier alpha value is -7.88. The van der Waals surface area contributed by atoms with Gasteiger partial charge in [0.05, 0.1) is 0 Å². The van der Waals surface area contributed by atoms with Gasteiger partial charge in [0.2, 0.25) is 0 Å². The number of nitrogens with zero attached hydrogens (tertiary/aromatic N) is 1. The van der Waals surface area contributed by atoms with Gasteiger partial charge in [-0.05, 0) is 128 Å². The molecular formula is C59H48N2O. The summed E-state index contributed by atoms with van der Waals surface area (Å²) >= 11 is 0. The van der Waals surface area contributed by atoms with Gasteiger partial charge < -0.3 is 15.3 Å². The minimum atomic E-state index is 0.275. The molecule has 9 aromatic carbocycles. The third kappa shape index (κ3) is 8.56. The van der Waals surface area contributed by atoms with Gasteiger partial charge in [0.25, 0.3) is 0 Å². The van der Waals surface area contributed by atoms with Gasteiger partial charge in [0, 0.05) is 39.6 Å². The number of benzene rings is 9. The Balaban J connectivity index is 1.01. The lowest BCUT2D eigenvalue weighted by atomic mass is 9.97. The molecule has 0 aromatic heterocycles. The van der Waals surface area contributed by atoms with E-state index in [2.05, 4.69) is 212 Å². The van der Waals surface area contributed by atoms with E-state index in [0.29, 0.717) is 0 Å². The van der Waals surface area contributed by atoms with Gasteiger partial charge >= 0.3 is 0 Å². The van der Waals surface area contributed by atoms with Crippen LogP contribution < -0.4 is 10.2 Å². The minimum absolute atomic E-state index is 0.275. The number of allylic oxidation sites excluding steroid dienone is 3. The maximum atomic E-state index is 10.5. The van der Waals surface area contributed by atoms with Gasteiger partial charge in [0.15, 0.2) is 0 Å².